The smallest absolute Gasteiger partial charge is 0.279 e. The number of aromatic nitrogens is 1. The van der Waals surface area contributed by atoms with Gasteiger partial charge in [-0.25, -0.2) is 0 Å². The molecule has 2 rings (SSSR count). The van der Waals surface area contributed by atoms with Crippen LogP contribution in [0.1, 0.15) is 18.5 Å². The highest BCUT2D eigenvalue weighted by Crippen LogP contribution is 2.14. The van der Waals surface area contributed by atoms with Crippen LogP contribution in [0.3, 0.4) is 0 Å². The molecule has 0 aromatic carbocycles. The Kier molecular flexibility index (Phi) is 5.09. The molecule has 0 atom stereocenters. The molecule has 1 aromatic heterocycles. The first-order valence-electron chi connectivity index (χ1n) is 6.79. The number of rotatable bonds is 5. The van der Waals surface area contributed by atoms with Gasteiger partial charge in [0.1, 0.15) is 0 Å². The Morgan fingerprint density at radius 2 is 2.05 bits per heavy atom. The average molecular weight is 298 g/mol. The molecular formula is C13H22N4O2S. The Morgan fingerprint density at radius 3 is 2.60 bits per heavy atom. The van der Waals surface area contributed by atoms with Crippen LogP contribution in [0.15, 0.2) is 24.4 Å². The number of nitrogens with one attached hydrogen (secondary N) is 1. The van der Waals surface area contributed by atoms with E-state index in [1.807, 2.05) is 18.2 Å². The van der Waals surface area contributed by atoms with Crippen LogP contribution in [-0.4, -0.2) is 55.8 Å². The van der Waals surface area contributed by atoms with Crippen molar-refractivity contribution < 1.29 is 8.42 Å². The first-order valence-corrected chi connectivity index (χ1v) is 8.23. The molecule has 0 bridgehead atoms. The van der Waals surface area contributed by atoms with Crippen molar-refractivity contribution in [2.75, 3.05) is 27.2 Å². The Balaban J connectivity index is 1.81. The second-order valence-corrected chi connectivity index (χ2v) is 7.19. The van der Waals surface area contributed by atoms with Gasteiger partial charge in [0.2, 0.25) is 0 Å². The molecule has 0 unspecified atom stereocenters. The highest BCUT2D eigenvalue weighted by Gasteiger charge is 2.24. The van der Waals surface area contributed by atoms with Crippen LogP contribution < -0.4 is 4.72 Å². The lowest BCUT2D eigenvalue weighted by molar-refractivity contribution is 0.197. The van der Waals surface area contributed by atoms with Crippen molar-refractivity contribution in [3.05, 3.63) is 30.1 Å². The van der Waals surface area contributed by atoms with E-state index in [0.29, 0.717) is 0 Å². The molecule has 0 spiro atoms. The Bertz CT molecular complexity index is 510. The fraction of sp³-hybridized carbons (Fsp3) is 0.615. The van der Waals surface area contributed by atoms with Crippen LogP contribution in [0.25, 0.3) is 0 Å². The van der Waals surface area contributed by atoms with Gasteiger partial charge >= 0.3 is 0 Å². The van der Waals surface area contributed by atoms with Crippen molar-refractivity contribution in [2.24, 2.45) is 0 Å². The van der Waals surface area contributed by atoms with E-state index in [4.69, 9.17) is 0 Å². The van der Waals surface area contributed by atoms with E-state index < -0.39 is 10.2 Å². The van der Waals surface area contributed by atoms with Crippen LogP contribution in [0.4, 0.5) is 0 Å². The molecule has 1 N–H and O–H groups in total. The van der Waals surface area contributed by atoms with E-state index >= 15 is 0 Å². The van der Waals surface area contributed by atoms with Gasteiger partial charge in [0.15, 0.2) is 0 Å². The van der Waals surface area contributed by atoms with E-state index in [-0.39, 0.29) is 6.04 Å². The largest absolute Gasteiger partial charge is 0.297 e. The van der Waals surface area contributed by atoms with Gasteiger partial charge in [-0.15, -0.1) is 0 Å². The molecule has 20 heavy (non-hydrogen) atoms. The molecule has 0 saturated carbocycles. The van der Waals surface area contributed by atoms with Gasteiger partial charge in [0.25, 0.3) is 10.2 Å². The monoisotopic (exact) mass is 298 g/mol. The first kappa shape index (κ1) is 15.4. The summed E-state index contributed by atoms with van der Waals surface area (Å²) in [6.45, 7) is 2.60. The van der Waals surface area contributed by atoms with E-state index in [9.17, 15) is 8.42 Å². The third-order valence-corrected chi connectivity index (χ3v) is 5.09. The van der Waals surface area contributed by atoms with Crippen LogP contribution >= 0.6 is 0 Å². The molecule has 2 heterocycles. The van der Waals surface area contributed by atoms with Gasteiger partial charge in [-0.1, -0.05) is 6.07 Å². The molecular weight excluding hydrogens is 276 g/mol. The summed E-state index contributed by atoms with van der Waals surface area (Å²) in [4.78, 5) is 6.62. The molecule has 1 saturated heterocycles. The highest BCUT2D eigenvalue weighted by molar-refractivity contribution is 7.87. The van der Waals surface area contributed by atoms with Gasteiger partial charge in [-0.05, 0) is 25.0 Å². The van der Waals surface area contributed by atoms with Crippen LogP contribution in [0.2, 0.25) is 0 Å². The van der Waals surface area contributed by atoms with E-state index in [2.05, 4.69) is 14.6 Å². The number of likely N-dealkylation sites (tertiary alicyclic amines) is 1. The standard InChI is InChI=1S/C13H22N4O2S/c1-16(2)20(18,19)15-12-6-9-17(10-7-12)11-13-5-3-4-8-14-13/h3-5,8,12,15H,6-7,9-11H2,1-2H3. The first-order chi connectivity index (χ1) is 9.47. The molecule has 0 aliphatic carbocycles. The topological polar surface area (TPSA) is 65.5 Å². The number of hydrogen-bond acceptors (Lipinski definition) is 4. The lowest BCUT2D eigenvalue weighted by Crippen LogP contribution is -2.47. The molecule has 1 aliphatic heterocycles. The summed E-state index contributed by atoms with van der Waals surface area (Å²) in [5, 5.41) is 0. The summed E-state index contributed by atoms with van der Waals surface area (Å²) in [7, 11) is -0.241. The fourth-order valence-electron chi connectivity index (χ4n) is 2.25. The maximum Gasteiger partial charge on any atom is 0.279 e. The van der Waals surface area contributed by atoms with E-state index in [1.54, 1.807) is 20.3 Å². The van der Waals surface area contributed by atoms with Gasteiger partial charge in [0, 0.05) is 46.0 Å². The van der Waals surface area contributed by atoms with Crippen LogP contribution in [-0.2, 0) is 16.8 Å². The van der Waals surface area contributed by atoms with Gasteiger partial charge in [0.05, 0.1) is 5.69 Å². The SMILES string of the molecule is CN(C)S(=O)(=O)NC1CCN(Cc2ccccn2)CC1. The summed E-state index contributed by atoms with van der Waals surface area (Å²) in [6, 6.07) is 5.94. The Hall–Kier alpha value is -1.02. The quantitative estimate of drug-likeness (QED) is 0.857. The van der Waals surface area contributed by atoms with E-state index in [0.717, 1.165) is 38.2 Å². The molecule has 0 radical (unpaired) electrons. The molecule has 1 aromatic rings. The molecule has 1 aliphatic rings. The van der Waals surface area contributed by atoms with Crippen molar-refractivity contribution in [1.82, 2.24) is 18.9 Å². The minimum absolute atomic E-state index is 0.0300. The minimum Gasteiger partial charge on any atom is -0.297 e. The van der Waals surface area contributed by atoms with E-state index in [1.165, 1.54) is 4.31 Å². The third-order valence-electron chi connectivity index (χ3n) is 3.50. The summed E-state index contributed by atoms with van der Waals surface area (Å²) in [6.07, 6.45) is 3.47. The van der Waals surface area contributed by atoms with Gasteiger partial charge < -0.3 is 0 Å². The van der Waals surface area contributed by atoms with Crippen molar-refractivity contribution in [2.45, 2.75) is 25.4 Å². The Morgan fingerprint density at radius 1 is 1.35 bits per heavy atom. The number of hydrogen-bond donors (Lipinski definition) is 1. The molecule has 7 heteroatoms. The molecule has 0 amide bonds. The van der Waals surface area contributed by atoms with Crippen LogP contribution in [0.5, 0.6) is 0 Å². The highest BCUT2D eigenvalue weighted by atomic mass is 32.2. The number of pyridine rings is 1. The van der Waals surface area contributed by atoms with Crippen molar-refractivity contribution in [3.63, 3.8) is 0 Å². The number of nitrogens with zero attached hydrogens (tertiary/aromatic N) is 3. The molecule has 1 fully saturated rings. The number of piperidine rings is 1. The van der Waals surface area contributed by atoms with Gasteiger partial charge in [-0.3, -0.25) is 9.88 Å². The zero-order chi connectivity index (χ0) is 14.6. The fourth-order valence-corrected chi connectivity index (χ4v) is 3.11. The molecule has 6 nitrogen and oxygen atoms in total. The predicted octanol–water partition coefficient (Wildman–Crippen LogP) is 0.442. The lowest BCUT2D eigenvalue weighted by atomic mass is 10.1. The van der Waals surface area contributed by atoms with Gasteiger partial charge in [-0.2, -0.15) is 17.4 Å². The third kappa shape index (κ3) is 4.24. The van der Waals surface area contributed by atoms with Crippen molar-refractivity contribution in [1.29, 1.82) is 0 Å². The maximum absolute atomic E-state index is 11.8. The second kappa shape index (κ2) is 6.62. The normalized spacial score (nSPS) is 18.6. The minimum atomic E-state index is -3.32. The zero-order valence-electron chi connectivity index (χ0n) is 12.0. The zero-order valence-corrected chi connectivity index (χ0v) is 12.8. The summed E-state index contributed by atoms with van der Waals surface area (Å²) >= 11 is 0. The summed E-state index contributed by atoms with van der Waals surface area (Å²) in [5.41, 5.74) is 1.06. The summed E-state index contributed by atoms with van der Waals surface area (Å²) in [5.74, 6) is 0. The second-order valence-electron chi connectivity index (χ2n) is 5.28. The average Bonchev–Trinajstić information content (AvgIpc) is 2.42. The van der Waals surface area contributed by atoms with Crippen LogP contribution in [0, 0.1) is 0 Å². The maximum atomic E-state index is 11.8. The summed E-state index contributed by atoms with van der Waals surface area (Å²) < 4.78 is 27.5. The Labute approximate surface area is 121 Å². The van der Waals surface area contributed by atoms with Crippen molar-refractivity contribution in [3.8, 4) is 0 Å². The molecule has 112 valence electrons. The predicted molar refractivity (Wildman–Crippen MR) is 78.3 cm³/mol. The lowest BCUT2D eigenvalue weighted by Gasteiger charge is -2.32. The van der Waals surface area contributed by atoms with Crippen molar-refractivity contribution >= 4 is 10.2 Å².